The number of thioether (sulfide) groups is 1. The van der Waals surface area contributed by atoms with Gasteiger partial charge >= 0.3 is 0 Å². The highest BCUT2D eigenvalue weighted by molar-refractivity contribution is 8.00. The predicted octanol–water partition coefficient (Wildman–Crippen LogP) is 3.64. The van der Waals surface area contributed by atoms with E-state index in [0.717, 1.165) is 10.5 Å². The quantitative estimate of drug-likeness (QED) is 0.827. The topological polar surface area (TPSA) is 75.3 Å². The number of rotatable bonds is 4. The van der Waals surface area contributed by atoms with E-state index in [2.05, 4.69) is 10.0 Å². The van der Waals surface area contributed by atoms with Crippen molar-refractivity contribution in [3.8, 4) is 0 Å². The van der Waals surface area contributed by atoms with E-state index in [1.807, 2.05) is 6.92 Å². The third-order valence-corrected chi connectivity index (χ3v) is 6.55. The Kier molecular flexibility index (Phi) is 5.38. The van der Waals surface area contributed by atoms with E-state index in [0.29, 0.717) is 17.1 Å². The van der Waals surface area contributed by atoms with Crippen LogP contribution in [-0.2, 0) is 21.4 Å². The maximum Gasteiger partial charge on any atom is 0.240 e. The molecule has 0 aliphatic carbocycles. The van der Waals surface area contributed by atoms with Gasteiger partial charge in [-0.25, -0.2) is 13.1 Å². The number of benzene rings is 2. The Labute approximate surface area is 156 Å². The highest BCUT2D eigenvalue weighted by atomic mass is 35.5. The van der Waals surface area contributed by atoms with Crippen LogP contribution in [0.4, 0.5) is 5.69 Å². The van der Waals surface area contributed by atoms with E-state index >= 15 is 0 Å². The molecular weight excluding hydrogens is 380 g/mol. The molecule has 8 heteroatoms. The normalized spacial score (nSPS) is 17.5. The summed E-state index contributed by atoms with van der Waals surface area (Å²) in [6.07, 6.45) is 0.399. The highest BCUT2D eigenvalue weighted by Crippen LogP contribution is 2.36. The standard InChI is InChI=1S/C17H17ClN2O3S2/c1-11-8-17(21)20-15-9-14(6-7-16(15)24-11)25(22,23)19-10-12-2-4-13(18)5-3-12/h2-7,9,11,19H,8,10H2,1H3,(H,20,21)/t11-/m0/s1. The molecule has 0 saturated carbocycles. The van der Waals surface area contributed by atoms with Crippen molar-refractivity contribution < 1.29 is 13.2 Å². The average Bonchev–Trinajstić information content (AvgIpc) is 2.69. The van der Waals surface area contributed by atoms with Crippen molar-refractivity contribution in [3.05, 3.63) is 53.1 Å². The lowest BCUT2D eigenvalue weighted by Crippen LogP contribution is -2.23. The lowest BCUT2D eigenvalue weighted by atomic mass is 10.2. The molecule has 1 heterocycles. The first-order valence-electron chi connectivity index (χ1n) is 7.68. The molecule has 0 saturated heterocycles. The van der Waals surface area contributed by atoms with Gasteiger partial charge in [-0.1, -0.05) is 30.7 Å². The van der Waals surface area contributed by atoms with Gasteiger partial charge in [-0.2, -0.15) is 0 Å². The van der Waals surface area contributed by atoms with E-state index < -0.39 is 10.0 Å². The summed E-state index contributed by atoms with van der Waals surface area (Å²) in [7, 11) is -3.69. The zero-order chi connectivity index (χ0) is 18.0. The number of hydrogen-bond acceptors (Lipinski definition) is 4. The third-order valence-electron chi connectivity index (χ3n) is 3.72. The fourth-order valence-corrected chi connectivity index (χ4v) is 4.68. The van der Waals surface area contributed by atoms with Gasteiger partial charge in [0.25, 0.3) is 0 Å². The van der Waals surface area contributed by atoms with Crippen LogP contribution in [0.1, 0.15) is 18.9 Å². The summed E-state index contributed by atoms with van der Waals surface area (Å²) < 4.78 is 27.6. The lowest BCUT2D eigenvalue weighted by molar-refractivity contribution is -0.116. The number of amides is 1. The molecule has 2 aromatic rings. The van der Waals surface area contributed by atoms with Crippen molar-refractivity contribution in [1.29, 1.82) is 0 Å². The fraction of sp³-hybridized carbons (Fsp3) is 0.235. The number of carbonyl (C=O) groups excluding carboxylic acids is 1. The summed E-state index contributed by atoms with van der Waals surface area (Å²) in [6, 6.07) is 11.7. The summed E-state index contributed by atoms with van der Waals surface area (Å²) >= 11 is 7.38. The van der Waals surface area contributed by atoms with Crippen LogP contribution in [-0.4, -0.2) is 19.6 Å². The SMILES string of the molecule is C[C@H]1CC(=O)Nc2cc(S(=O)(=O)NCc3ccc(Cl)cc3)ccc2S1. The molecule has 1 amide bonds. The Morgan fingerprint density at radius 3 is 2.68 bits per heavy atom. The van der Waals surface area contributed by atoms with Crippen molar-refractivity contribution in [2.75, 3.05) is 5.32 Å². The van der Waals surface area contributed by atoms with Gasteiger partial charge in [0.15, 0.2) is 0 Å². The number of anilines is 1. The average molecular weight is 397 g/mol. The van der Waals surface area contributed by atoms with Crippen molar-refractivity contribution in [1.82, 2.24) is 4.72 Å². The first-order valence-corrected chi connectivity index (χ1v) is 10.4. The number of halogens is 1. The molecule has 25 heavy (non-hydrogen) atoms. The zero-order valence-corrected chi connectivity index (χ0v) is 15.8. The minimum absolute atomic E-state index is 0.109. The minimum atomic E-state index is -3.69. The van der Waals surface area contributed by atoms with Gasteiger partial charge in [-0.05, 0) is 35.9 Å². The van der Waals surface area contributed by atoms with Gasteiger partial charge < -0.3 is 5.32 Å². The van der Waals surface area contributed by atoms with E-state index in [1.165, 1.54) is 6.07 Å². The molecule has 1 aliphatic rings. The van der Waals surface area contributed by atoms with Gasteiger partial charge in [0.1, 0.15) is 0 Å². The minimum Gasteiger partial charge on any atom is -0.325 e. The molecule has 0 fully saturated rings. The highest BCUT2D eigenvalue weighted by Gasteiger charge is 2.22. The Morgan fingerprint density at radius 1 is 1.24 bits per heavy atom. The second-order valence-electron chi connectivity index (χ2n) is 5.79. The molecule has 0 radical (unpaired) electrons. The molecule has 1 aliphatic heterocycles. The van der Waals surface area contributed by atoms with E-state index in [-0.39, 0.29) is 22.6 Å². The van der Waals surface area contributed by atoms with Crippen LogP contribution in [0, 0.1) is 0 Å². The third kappa shape index (κ3) is 4.55. The first-order chi connectivity index (χ1) is 11.8. The molecule has 0 aromatic heterocycles. The van der Waals surface area contributed by atoms with Crippen LogP contribution >= 0.6 is 23.4 Å². The van der Waals surface area contributed by atoms with Gasteiger partial charge in [0.2, 0.25) is 15.9 Å². The lowest BCUT2D eigenvalue weighted by Gasteiger charge is -2.11. The zero-order valence-electron chi connectivity index (χ0n) is 13.5. The van der Waals surface area contributed by atoms with Gasteiger partial charge in [0.05, 0.1) is 10.6 Å². The largest absolute Gasteiger partial charge is 0.325 e. The number of fused-ring (bicyclic) bond motifs is 1. The van der Waals surface area contributed by atoms with Crippen LogP contribution in [0.5, 0.6) is 0 Å². The van der Waals surface area contributed by atoms with E-state index in [1.54, 1.807) is 48.2 Å². The Hall–Kier alpha value is -1.54. The molecule has 132 valence electrons. The van der Waals surface area contributed by atoms with Crippen LogP contribution in [0.3, 0.4) is 0 Å². The van der Waals surface area contributed by atoms with Crippen molar-refractivity contribution in [3.63, 3.8) is 0 Å². The van der Waals surface area contributed by atoms with Crippen LogP contribution in [0.2, 0.25) is 5.02 Å². The first kappa shape index (κ1) is 18.3. The Balaban J connectivity index is 1.80. The molecule has 0 unspecified atom stereocenters. The number of carbonyl (C=O) groups is 1. The number of nitrogens with one attached hydrogen (secondary N) is 2. The molecule has 0 bridgehead atoms. The molecule has 2 aromatic carbocycles. The molecule has 3 rings (SSSR count). The van der Waals surface area contributed by atoms with Gasteiger partial charge in [0, 0.05) is 28.1 Å². The second-order valence-corrected chi connectivity index (χ2v) is 9.47. The van der Waals surface area contributed by atoms with Crippen LogP contribution in [0.25, 0.3) is 0 Å². The Bertz CT molecular complexity index is 899. The summed E-state index contributed by atoms with van der Waals surface area (Å²) in [4.78, 5) is 12.8. The van der Waals surface area contributed by atoms with Crippen LogP contribution in [0.15, 0.2) is 52.3 Å². The second kappa shape index (κ2) is 7.37. The van der Waals surface area contributed by atoms with E-state index in [9.17, 15) is 13.2 Å². The smallest absolute Gasteiger partial charge is 0.240 e. The van der Waals surface area contributed by atoms with E-state index in [4.69, 9.17) is 11.6 Å². The molecule has 5 nitrogen and oxygen atoms in total. The summed E-state index contributed by atoms with van der Waals surface area (Å²) in [5.74, 6) is -0.109. The fourth-order valence-electron chi connectivity index (χ4n) is 2.46. The summed E-state index contributed by atoms with van der Waals surface area (Å²) in [6.45, 7) is 2.13. The number of sulfonamides is 1. The predicted molar refractivity (Wildman–Crippen MR) is 100 cm³/mol. The van der Waals surface area contributed by atoms with Crippen molar-refractivity contribution in [2.24, 2.45) is 0 Å². The molecular formula is C17H17ClN2O3S2. The van der Waals surface area contributed by atoms with Crippen molar-refractivity contribution in [2.45, 2.75) is 34.9 Å². The monoisotopic (exact) mass is 396 g/mol. The molecule has 2 N–H and O–H groups in total. The van der Waals surface area contributed by atoms with Crippen molar-refractivity contribution >= 4 is 45.0 Å². The maximum absolute atomic E-state index is 12.5. The maximum atomic E-state index is 12.5. The van der Waals surface area contributed by atoms with Gasteiger partial charge in [-0.15, -0.1) is 11.8 Å². The Morgan fingerprint density at radius 2 is 1.96 bits per heavy atom. The number of hydrogen-bond donors (Lipinski definition) is 2. The van der Waals surface area contributed by atoms with Crippen LogP contribution < -0.4 is 10.0 Å². The molecule has 1 atom stereocenters. The summed E-state index contributed by atoms with van der Waals surface area (Å²) in [5, 5.41) is 3.52. The van der Waals surface area contributed by atoms with Gasteiger partial charge in [-0.3, -0.25) is 4.79 Å². The molecule has 0 spiro atoms. The summed E-state index contributed by atoms with van der Waals surface area (Å²) in [5.41, 5.74) is 1.34.